The van der Waals surface area contributed by atoms with Crippen molar-refractivity contribution in [3.63, 3.8) is 0 Å². The molecule has 5 heteroatoms. The zero-order valence-electron chi connectivity index (χ0n) is 10.5. The van der Waals surface area contributed by atoms with Crippen LogP contribution in [0.3, 0.4) is 0 Å². The lowest BCUT2D eigenvalue weighted by atomic mass is 10.2. The molecule has 3 N–H and O–H groups in total. The highest BCUT2D eigenvalue weighted by molar-refractivity contribution is 5.92. The van der Waals surface area contributed by atoms with Crippen molar-refractivity contribution in [3.05, 3.63) is 48.4 Å². The fraction of sp³-hybridized carbons (Fsp3) is 0.0714. The van der Waals surface area contributed by atoms with Gasteiger partial charge in [-0.1, -0.05) is 6.07 Å². The Morgan fingerprint density at radius 3 is 2.84 bits per heavy atom. The lowest BCUT2D eigenvalue weighted by Crippen LogP contribution is -2.02. The van der Waals surface area contributed by atoms with Crippen LogP contribution in [0, 0.1) is 6.92 Å². The minimum absolute atomic E-state index is 0.482. The van der Waals surface area contributed by atoms with Gasteiger partial charge in [0.1, 0.15) is 18.0 Å². The van der Waals surface area contributed by atoms with Gasteiger partial charge in [-0.2, -0.15) is 0 Å². The third-order valence-electron chi connectivity index (χ3n) is 3.02. The molecule has 0 radical (unpaired) electrons. The second-order valence-corrected chi connectivity index (χ2v) is 4.23. The van der Waals surface area contributed by atoms with Crippen molar-refractivity contribution >= 4 is 28.2 Å². The van der Waals surface area contributed by atoms with E-state index in [1.165, 1.54) is 6.33 Å². The Morgan fingerprint density at radius 1 is 1.05 bits per heavy atom. The van der Waals surface area contributed by atoms with Gasteiger partial charge in [0.25, 0.3) is 0 Å². The van der Waals surface area contributed by atoms with Crippen LogP contribution < -0.4 is 11.1 Å². The Balaban J connectivity index is 2.09. The SMILES string of the molecule is Cc1c(N)ncnc1Nc1cccc2ncccc12. The zero-order valence-corrected chi connectivity index (χ0v) is 10.5. The summed E-state index contributed by atoms with van der Waals surface area (Å²) >= 11 is 0. The molecule has 2 aromatic heterocycles. The number of rotatable bonds is 2. The van der Waals surface area contributed by atoms with Gasteiger partial charge in [0.05, 0.1) is 5.52 Å². The smallest absolute Gasteiger partial charge is 0.138 e. The number of hydrogen-bond donors (Lipinski definition) is 2. The molecular weight excluding hydrogens is 238 g/mol. The Morgan fingerprint density at radius 2 is 1.95 bits per heavy atom. The summed E-state index contributed by atoms with van der Waals surface area (Å²) in [7, 11) is 0. The van der Waals surface area contributed by atoms with Gasteiger partial charge < -0.3 is 11.1 Å². The Labute approximate surface area is 110 Å². The third kappa shape index (κ3) is 2.06. The maximum atomic E-state index is 5.78. The van der Waals surface area contributed by atoms with Crippen LogP contribution in [0.2, 0.25) is 0 Å². The maximum absolute atomic E-state index is 5.78. The summed E-state index contributed by atoms with van der Waals surface area (Å²) < 4.78 is 0. The Bertz CT molecular complexity index is 733. The first-order valence-corrected chi connectivity index (χ1v) is 5.93. The van der Waals surface area contributed by atoms with Crippen molar-refractivity contribution < 1.29 is 0 Å². The predicted octanol–water partition coefficient (Wildman–Crippen LogP) is 2.66. The number of pyridine rings is 1. The highest BCUT2D eigenvalue weighted by atomic mass is 15.0. The number of anilines is 3. The number of nitrogens with one attached hydrogen (secondary N) is 1. The fourth-order valence-electron chi connectivity index (χ4n) is 1.93. The van der Waals surface area contributed by atoms with Crippen molar-refractivity contribution in [1.82, 2.24) is 15.0 Å². The molecule has 2 heterocycles. The summed E-state index contributed by atoms with van der Waals surface area (Å²) in [6.07, 6.45) is 3.23. The molecule has 0 bridgehead atoms. The van der Waals surface area contributed by atoms with Gasteiger partial charge in [0.2, 0.25) is 0 Å². The summed E-state index contributed by atoms with van der Waals surface area (Å²) in [6.45, 7) is 1.89. The summed E-state index contributed by atoms with van der Waals surface area (Å²) in [5.41, 5.74) is 8.51. The molecule has 0 fully saturated rings. The topological polar surface area (TPSA) is 76.7 Å². The second-order valence-electron chi connectivity index (χ2n) is 4.23. The van der Waals surface area contributed by atoms with Gasteiger partial charge in [0, 0.05) is 22.8 Å². The second kappa shape index (κ2) is 4.53. The van der Waals surface area contributed by atoms with Gasteiger partial charge in [-0.05, 0) is 31.2 Å². The van der Waals surface area contributed by atoms with Crippen molar-refractivity contribution in [2.24, 2.45) is 0 Å². The van der Waals surface area contributed by atoms with E-state index in [1.54, 1.807) is 6.20 Å². The highest BCUT2D eigenvalue weighted by Crippen LogP contribution is 2.26. The standard InChI is InChI=1S/C14H13N5/c1-9-13(15)17-8-18-14(9)19-12-6-2-5-11-10(12)4-3-7-16-11/h2-8H,1H3,(H3,15,17,18,19). The average molecular weight is 251 g/mol. The van der Waals surface area contributed by atoms with E-state index in [0.717, 1.165) is 22.2 Å². The third-order valence-corrected chi connectivity index (χ3v) is 3.02. The molecular formula is C14H13N5. The molecule has 1 aromatic carbocycles. The molecule has 0 saturated carbocycles. The van der Waals surface area contributed by atoms with Crippen molar-refractivity contribution in [2.45, 2.75) is 6.92 Å². The lowest BCUT2D eigenvalue weighted by Gasteiger charge is -2.11. The maximum Gasteiger partial charge on any atom is 0.138 e. The number of nitrogen functional groups attached to an aromatic ring is 1. The van der Waals surface area contributed by atoms with E-state index in [9.17, 15) is 0 Å². The van der Waals surface area contributed by atoms with Gasteiger partial charge >= 0.3 is 0 Å². The molecule has 3 rings (SSSR count). The van der Waals surface area contributed by atoms with Gasteiger partial charge in [0.15, 0.2) is 0 Å². The molecule has 0 aliphatic carbocycles. The Hall–Kier alpha value is -2.69. The number of nitrogens with two attached hydrogens (primary N) is 1. The minimum atomic E-state index is 0.482. The van der Waals surface area contributed by atoms with Gasteiger partial charge in [-0.3, -0.25) is 4.98 Å². The minimum Gasteiger partial charge on any atom is -0.383 e. The Kier molecular flexibility index (Phi) is 2.72. The van der Waals surface area contributed by atoms with Gasteiger partial charge in [-0.15, -0.1) is 0 Å². The molecule has 5 nitrogen and oxygen atoms in total. The number of fused-ring (bicyclic) bond motifs is 1. The molecule has 0 saturated heterocycles. The largest absolute Gasteiger partial charge is 0.383 e. The summed E-state index contributed by atoms with van der Waals surface area (Å²) in [5.74, 6) is 1.19. The molecule has 0 atom stereocenters. The monoisotopic (exact) mass is 251 g/mol. The molecule has 94 valence electrons. The van der Waals surface area contributed by atoms with Crippen molar-refractivity contribution in [1.29, 1.82) is 0 Å². The molecule has 0 aliphatic heterocycles. The predicted molar refractivity (Wildman–Crippen MR) is 76.2 cm³/mol. The average Bonchev–Trinajstić information content (AvgIpc) is 2.44. The zero-order chi connectivity index (χ0) is 13.2. The molecule has 0 spiro atoms. The van der Waals surface area contributed by atoms with Crippen molar-refractivity contribution in [2.75, 3.05) is 11.1 Å². The van der Waals surface area contributed by atoms with E-state index >= 15 is 0 Å². The van der Waals surface area contributed by atoms with Crippen molar-refractivity contribution in [3.8, 4) is 0 Å². The van der Waals surface area contributed by atoms with Crippen LogP contribution in [0.4, 0.5) is 17.3 Å². The van der Waals surface area contributed by atoms with Crippen LogP contribution in [-0.4, -0.2) is 15.0 Å². The van der Waals surface area contributed by atoms with Crippen LogP contribution in [-0.2, 0) is 0 Å². The number of benzene rings is 1. The number of nitrogens with zero attached hydrogens (tertiary/aromatic N) is 3. The van der Waals surface area contributed by atoms with Crippen LogP contribution >= 0.6 is 0 Å². The molecule has 0 amide bonds. The van der Waals surface area contributed by atoms with Gasteiger partial charge in [-0.25, -0.2) is 9.97 Å². The first kappa shape index (κ1) is 11.4. The fourth-order valence-corrected chi connectivity index (χ4v) is 1.93. The molecule has 3 aromatic rings. The number of aromatic nitrogens is 3. The summed E-state index contributed by atoms with van der Waals surface area (Å²) in [6, 6.07) is 9.85. The summed E-state index contributed by atoms with van der Waals surface area (Å²) in [5, 5.41) is 4.33. The van der Waals surface area contributed by atoms with E-state index in [1.807, 2.05) is 37.3 Å². The van der Waals surface area contributed by atoms with Crippen LogP contribution in [0.25, 0.3) is 10.9 Å². The lowest BCUT2D eigenvalue weighted by molar-refractivity contribution is 1.14. The van der Waals surface area contributed by atoms with Crippen LogP contribution in [0.15, 0.2) is 42.9 Å². The van der Waals surface area contributed by atoms with Crippen LogP contribution in [0.5, 0.6) is 0 Å². The van der Waals surface area contributed by atoms with E-state index in [4.69, 9.17) is 5.73 Å². The summed E-state index contributed by atoms with van der Waals surface area (Å²) in [4.78, 5) is 12.5. The van der Waals surface area contributed by atoms with E-state index in [-0.39, 0.29) is 0 Å². The first-order chi connectivity index (χ1) is 9.25. The molecule has 19 heavy (non-hydrogen) atoms. The first-order valence-electron chi connectivity index (χ1n) is 5.93. The molecule has 0 unspecified atom stereocenters. The highest BCUT2D eigenvalue weighted by Gasteiger charge is 2.06. The number of hydrogen-bond acceptors (Lipinski definition) is 5. The van der Waals surface area contributed by atoms with Crippen LogP contribution in [0.1, 0.15) is 5.56 Å². The van der Waals surface area contributed by atoms with E-state index in [2.05, 4.69) is 20.3 Å². The quantitative estimate of drug-likeness (QED) is 0.732. The normalized spacial score (nSPS) is 10.6. The molecule has 0 aliphatic rings. The van der Waals surface area contributed by atoms with E-state index in [0.29, 0.717) is 11.6 Å². The van der Waals surface area contributed by atoms with E-state index < -0.39 is 0 Å².